The van der Waals surface area contributed by atoms with Crippen molar-refractivity contribution in [3.63, 3.8) is 0 Å². The molecule has 0 spiro atoms. The van der Waals surface area contributed by atoms with Crippen LogP contribution in [0.15, 0.2) is 0 Å². The van der Waals surface area contributed by atoms with E-state index in [1.54, 1.807) is 0 Å². The fourth-order valence-electron chi connectivity index (χ4n) is 3.31. The Bertz CT molecular complexity index is 280. The second-order valence-corrected chi connectivity index (χ2v) is 5.70. The fraction of sp³-hybridized carbons (Fsp3) is 1.00. The minimum absolute atomic E-state index is 0.0553. The molecule has 2 nitrogen and oxygen atoms in total. The average Bonchev–Trinajstić information content (AvgIpc) is 2.85. The van der Waals surface area contributed by atoms with Crippen LogP contribution in [0.2, 0.25) is 0 Å². The van der Waals surface area contributed by atoms with Crippen LogP contribution in [-0.2, 0) is 0 Å². The van der Waals surface area contributed by atoms with E-state index in [0.717, 1.165) is 45.1 Å². The standard InChI is InChI=1S/C13H22F4N2/c14-12(15)13(16,17)8-19-11-6-3-4-9(11)10-5-1-2-7-18-10/h9-12,18-19H,1-8H2. The van der Waals surface area contributed by atoms with Gasteiger partial charge in [-0.05, 0) is 38.1 Å². The van der Waals surface area contributed by atoms with Gasteiger partial charge in [-0.25, -0.2) is 8.78 Å². The summed E-state index contributed by atoms with van der Waals surface area (Å²) in [5.41, 5.74) is 0. The number of hydrogen-bond donors (Lipinski definition) is 2. The lowest BCUT2D eigenvalue weighted by Crippen LogP contribution is -2.50. The first-order valence-corrected chi connectivity index (χ1v) is 7.13. The monoisotopic (exact) mass is 282 g/mol. The molecule has 3 atom stereocenters. The second-order valence-electron chi connectivity index (χ2n) is 5.70. The Morgan fingerprint density at radius 2 is 1.89 bits per heavy atom. The summed E-state index contributed by atoms with van der Waals surface area (Å²) >= 11 is 0. The average molecular weight is 282 g/mol. The van der Waals surface area contributed by atoms with Crippen molar-refractivity contribution in [1.82, 2.24) is 10.6 Å². The molecule has 112 valence electrons. The zero-order valence-corrected chi connectivity index (χ0v) is 11.0. The molecule has 1 heterocycles. The molecule has 19 heavy (non-hydrogen) atoms. The van der Waals surface area contributed by atoms with E-state index in [-0.39, 0.29) is 6.04 Å². The summed E-state index contributed by atoms with van der Waals surface area (Å²) in [4.78, 5) is 0. The Hall–Kier alpha value is -0.360. The third-order valence-electron chi connectivity index (χ3n) is 4.35. The molecule has 2 N–H and O–H groups in total. The zero-order chi connectivity index (χ0) is 13.9. The summed E-state index contributed by atoms with van der Waals surface area (Å²) in [5, 5.41) is 6.12. The van der Waals surface area contributed by atoms with Crippen LogP contribution in [0.5, 0.6) is 0 Å². The summed E-state index contributed by atoms with van der Waals surface area (Å²) in [6.07, 6.45) is 2.58. The lowest BCUT2D eigenvalue weighted by atomic mass is 9.88. The summed E-state index contributed by atoms with van der Waals surface area (Å²) in [6, 6.07) is 0.300. The van der Waals surface area contributed by atoms with E-state index >= 15 is 0 Å². The molecular formula is C13H22F4N2. The maximum atomic E-state index is 12.9. The van der Waals surface area contributed by atoms with Gasteiger partial charge >= 0.3 is 12.3 Å². The summed E-state index contributed by atoms with van der Waals surface area (Å²) in [7, 11) is 0. The number of nitrogens with one attached hydrogen (secondary N) is 2. The molecule has 0 aromatic carbocycles. The molecule has 0 aromatic rings. The van der Waals surface area contributed by atoms with E-state index < -0.39 is 18.9 Å². The molecule has 3 unspecified atom stereocenters. The summed E-state index contributed by atoms with van der Waals surface area (Å²) in [6.45, 7) is 0.0552. The van der Waals surface area contributed by atoms with E-state index in [9.17, 15) is 17.6 Å². The fourth-order valence-corrected chi connectivity index (χ4v) is 3.31. The van der Waals surface area contributed by atoms with Gasteiger partial charge in [0.25, 0.3) is 0 Å². The molecule has 0 amide bonds. The van der Waals surface area contributed by atoms with Crippen LogP contribution in [-0.4, -0.2) is 37.5 Å². The highest BCUT2D eigenvalue weighted by atomic mass is 19.3. The van der Waals surface area contributed by atoms with Gasteiger partial charge in [0.05, 0.1) is 6.54 Å². The first-order valence-electron chi connectivity index (χ1n) is 7.13. The van der Waals surface area contributed by atoms with E-state index in [2.05, 4.69) is 10.6 Å². The Labute approximate surface area is 111 Å². The highest BCUT2D eigenvalue weighted by molar-refractivity contribution is 4.93. The molecule has 2 aliphatic rings. The molecule has 6 heteroatoms. The third kappa shape index (κ3) is 3.81. The minimum Gasteiger partial charge on any atom is -0.314 e. The smallest absolute Gasteiger partial charge is 0.314 e. The quantitative estimate of drug-likeness (QED) is 0.758. The largest absolute Gasteiger partial charge is 0.319 e. The predicted molar refractivity (Wildman–Crippen MR) is 65.7 cm³/mol. The Balaban J connectivity index is 1.85. The maximum Gasteiger partial charge on any atom is 0.319 e. The van der Waals surface area contributed by atoms with Gasteiger partial charge in [-0.3, -0.25) is 0 Å². The highest BCUT2D eigenvalue weighted by Gasteiger charge is 2.42. The molecule has 1 saturated heterocycles. The second kappa shape index (κ2) is 6.39. The van der Waals surface area contributed by atoms with Gasteiger partial charge in [0.2, 0.25) is 0 Å². The van der Waals surface area contributed by atoms with E-state index in [0.29, 0.717) is 12.0 Å². The lowest BCUT2D eigenvalue weighted by molar-refractivity contribution is -0.126. The molecule has 0 aromatic heterocycles. The van der Waals surface area contributed by atoms with Crippen LogP contribution >= 0.6 is 0 Å². The molecular weight excluding hydrogens is 260 g/mol. The van der Waals surface area contributed by atoms with Crippen molar-refractivity contribution in [1.29, 1.82) is 0 Å². The van der Waals surface area contributed by atoms with E-state index in [1.165, 1.54) is 0 Å². The number of rotatable bonds is 5. The van der Waals surface area contributed by atoms with Crippen LogP contribution in [0.1, 0.15) is 38.5 Å². The van der Waals surface area contributed by atoms with Crippen molar-refractivity contribution in [2.75, 3.05) is 13.1 Å². The number of alkyl halides is 4. The Kier molecular flexibility index (Phi) is 5.06. The van der Waals surface area contributed by atoms with Crippen molar-refractivity contribution in [3.05, 3.63) is 0 Å². The lowest BCUT2D eigenvalue weighted by Gasteiger charge is -2.33. The topological polar surface area (TPSA) is 24.1 Å². The third-order valence-corrected chi connectivity index (χ3v) is 4.35. The van der Waals surface area contributed by atoms with Crippen molar-refractivity contribution < 1.29 is 17.6 Å². The molecule has 0 bridgehead atoms. The highest BCUT2D eigenvalue weighted by Crippen LogP contribution is 2.32. The van der Waals surface area contributed by atoms with Gasteiger partial charge in [0.15, 0.2) is 0 Å². The van der Waals surface area contributed by atoms with Crippen LogP contribution in [0.25, 0.3) is 0 Å². The number of piperidine rings is 1. The van der Waals surface area contributed by atoms with Gasteiger partial charge in [-0.1, -0.05) is 12.8 Å². The molecule has 0 radical (unpaired) electrons. The molecule has 2 fully saturated rings. The van der Waals surface area contributed by atoms with Gasteiger partial charge in [0.1, 0.15) is 0 Å². The first kappa shape index (κ1) is 15.0. The van der Waals surface area contributed by atoms with Crippen molar-refractivity contribution in [2.24, 2.45) is 5.92 Å². The molecule has 1 saturated carbocycles. The minimum atomic E-state index is -3.92. The van der Waals surface area contributed by atoms with E-state index in [4.69, 9.17) is 0 Å². The normalized spacial score (nSPS) is 33.0. The van der Waals surface area contributed by atoms with Crippen LogP contribution in [0, 0.1) is 5.92 Å². The number of hydrogen-bond acceptors (Lipinski definition) is 2. The van der Waals surface area contributed by atoms with Crippen molar-refractivity contribution >= 4 is 0 Å². The Morgan fingerprint density at radius 3 is 2.53 bits per heavy atom. The number of halogens is 4. The Morgan fingerprint density at radius 1 is 1.11 bits per heavy atom. The van der Waals surface area contributed by atoms with Crippen LogP contribution < -0.4 is 10.6 Å². The van der Waals surface area contributed by atoms with Crippen LogP contribution in [0.3, 0.4) is 0 Å². The zero-order valence-electron chi connectivity index (χ0n) is 11.0. The predicted octanol–water partition coefficient (Wildman–Crippen LogP) is 2.79. The first-order chi connectivity index (χ1) is 9.00. The molecule has 2 rings (SSSR count). The summed E-state index contributed by atoms with van der Waals surface area (Å²) in [5.74, 6) is -3.62. The molecule has 1 aliphatic carbocycles. The van der Waals surface area contributed by atoms with Crippen molar-refractivity contribution in [3.8, 4) is 0 Å². The SMILES string of the molecule is FC(F)C(F)(F)CNC1CCCC1C1CCCCN1. The van der Waals surface area contributed by atoms with Gasteiger partial charge in [0, 0.05) is 12.1 Å². The van der Waals surface area contributed by atoms with Crippen molar-refractivity contribution in [2.45, 2.75) is 63.0 Å². The van der Waals surface area contributed by atoms with E-state index in [1.807, 2.05) is 0 Å². The van der Waals surface area contributed by atoms with Gasteiger partial charge in [-0.2, -0.15) is 8.78 Å². The summed E-state index contributed by atoms with van der Waals surface area (Å²) < 4.78 is 50.2. The van der Waals surface area contributed by atoms with Crippen LogP contribution in [0.4, 0.5) is 17.6 Å². The maximum absolute atomic E-state index is 12.9. The van der Waals surface area contributed by atoms with Gasteiger partial charge in [-0.15, -0.1) is 0 Å². The molecule has 1 aliphatic heterocycles. The van der Waals surface area contributed by atoms with Gasteiger partial charge < -0.3 is 10.6 Å².